The highest BCUT2D eigenvalue weighted by atomic mass is 32.1. The second kappa shape index (κ2) is 8.58. The van der Waals surface area contributed by atoms with Gasteiger partial charge < -0.3 is 14.8 Å². The van der Waals surface area contributed by atoms with Gasteiger partial charge in [0.1, 0.15) is 0 Å². The lowest BCUT2D eigenvalue weighted by molar-refractivity contribution is 0.103. The summed E-state index contributed by atoms with van der Waals surface area (Å²) in [5.41, 5.74) is 1.14. The summed E-state index contributed by atoms with van der Waals surface area (Å²) in [5.74, 6) is 0. The average Bonchev–Trinajstić information content (AvgIpc) is 2.67. The van der Waals surface area contributed by atoms with Gasteiger partial charge in [-0.3, -0.25) is 0 Å². The maximum absolute atomic E-state index is 5.50. The molecular weight excluding hydrogens is 248 g/mol. The summed E-state index contributed by atoms with van der Waals surface area (Å²) in [6.07, 6.45) is 0.958. The molecule has 104 valence electrons. The van der Waals surface area contributed by atoms with Crippen LogP contribution >= 0.6 is 11.3 Å². The van der Waals surface area contributed by atoms with E-state index in [0.717, 1.165) is 43.5 Å². The standard InChI is InChI=1S/C13H24N2O2S/c1-10(13-11(2)15-12(3)18-13)14-6-9-17-8-5-7-16-4/h10,14H,5-9H2,1-4H3. The lowest BCUT2D eigenvalue weighted by Crippen LogP contribution is -2.23. The van der Waals surface area contributed by atoms with Crippen molar-refractivity contribution in [1.29, 1.82) is 0 Å². The number of nitrogens with zero attached hydrogens (tertiary/aromatic N) is 1. The monoisotopic (exact) mass is 272 g/mol. The van der Waals surface area contributed by atoms with E-state index in [0.29, 0.717) is 6.04 Å². The zero-order valence-corrected chi connectivity index (χ0v) is 12.6. The summed E-state index contributed by atoms with van der Waals surface area (Å²) in [6.45, 7) is 9.43. The van der Waals surface area contributed by atoms with Crippen molar-refractivity contribution in [3.05, 3.63) is 15.6 Å². The van der Waals surface area contributed by atoms with Crippen LogP contribution in [0, 0.1) is 13.8 Å². The van der Waals surface area contributed by atoms with Crippen LogP contribution in [0.1, 0.15) is 35.0 Å². The topological polar surface area (TPSA) is 43.4 Å². The summed E-state index contributed by atoms with van der Waals surface area (Å²) >= 11 is 1.77. The Kier molecular flexibility index (Phi) is 7.42. The van der Waals surface area contributed by atoms with Gasteiger partial charge in [0.15, 0.2) is 0 Å². The van der Waals surface area contributed by atoms with E-state index < -0.39 is 0 Å². The molecule has 1 atom stereocenters. The number of nitrogens with one attached hydrogen (secondary N) is 1. The van der Waals surface area contributed by atoms with E-state index in [4.69, 9.17) is 9.47 Å². The Morgan fingerprint density at radius 3 is 2.67 bits per heavy atom. The zero-order valence-electron chi connectivity index (χ0n) is 11.8. The first-order chi connectivity index (χ1) is 8.65. The van der Waals surface area contributed by atoms with Crippen molar-refractivity contribution >= 4 is 11.3 Å². The molecule has 0 aliphatic heterocycles. The fourth-order valence-electron chi connectivity index (χ4n) is 1.80. The minimum atomic E-state index is 0.346. The second-order valence-electron chi connectivity index (χ2n) is 4.32. The molecule has 18 heavy (non-hydrogen) atoms. The Balaban J connectivity index is 2.14. The van der Waals surface area contributed by atoms with E-state index in [1.807, 2.05) is 6.92 Å². The Labute approximate surface area is 114 Å². The van der Waals surface area contributed by atoms with E-state index in [1.54, 1.807) is 18.4 Å². The first kappa shape index (κ1) is 15.6. The number of methoxy groups -OCH3 is 1. The highest BCUT2D eigenvalue weighted by Crippen LogP contribution is 2.23. The smallest absolute Gasteiger partial charge is 0.0900 e. The van der Waals surface area contributed by atoms with Gasteiger partial charge in [-0.25, -0.2) is 4.98 Å². The molecule has 5 heteroatoms. The third kappa shape index (κ3) is 5.44. The Morgan fingerprint density at radius 2 is 2.06 bits per heavy atom. The van der Waals surface area contributed by atoms with Crippen LogP contribution in [0.4, 0.5) is 0 Å². The fourth-order valence-corrected chi connectivity index (χ4v) is 2.75. The molecule has 0 bridgehead atoms. The first-order valence-electron chi connectivity index (χ1n) is 6.39. The van der Waals surface area contributed by atoms with Gasteiger partial charge in [0.25, 0.3) is 0 Å². The Morgan fingerprint density at radius 1 is 1.28 bits per heavy atom. The minimum Gasteiger partial charge on any atom is -0.385 e. The van der Waals surface area contributed by atoms with Gasteiger partial charge >= 0.3 is 0 Å². The van der Waals surface area contributed by atoms with E-state index in [9.17, 15) is 0 Å². The SMILES string of the molecule is COCCCOCCNC(C)c1sc(C)nc1C. The molecule has 4 nitrogen and oxygen atoms in total. The van der Waals surface area contributed by atoms with Crippen molar-refractivity contribution in [1.82, 2.24) is 10.3 Å². The molecule has 0 radical (unpaired) electrons. The van der Waals surface area contributed by atoms with Crippen LogP contribution in [0.3, 0.4) is 0 Å². The van der Waals surface area contributed by atoms with Gasteiger partial charge in [0, 0.05) is 37.8 Å². The average molecular weight is 272 g/mol. The Bertz CT molecular complexity index is 342. The summed E-state index contributed by atoms with van der Waals surface area (Å²) in [4.78, 5) is 5.77. The van der Waals surface area contributed by atoms with Gasteiger partial charge in [-0.05, 0) is 27.2 Å². The number of rotatable bonds is 9. The molecule has 0 fully saturated rings. The number of thiazole rings is 1. The van der Waals surface area contributed by atoms with Crippen molar-refractivity contribution in [2.24, 2.45) is 0 Å². The molecule has 0 aliphatic rings. The van der Waals surface area contributed by atoms with Crippen LogP contribution in [0.5, 0.6) is 0 Å². The van der Waals surface area contributed by atoms with Gasteiger partial charge in [-0.1, -0.05) is 0 Å². The third-order valence-corrected chi connectivity index (χ3v) is 3.92. The molecule has 0 amide bonds. The molecule has 1 rings (SSSR count). The molecule has 0 aromatic carbocycles. The maximum atomic E-state index is 5.50. The summed E-state index contributed by atoms with van der Waals surface area (Å²) in [6, 6.07) is 0.346. The van der Waals surface area contributed by atoms with Crippen molar-refractivity contribution in [3.63, 3.8) is 0 Å². The lowest BCUT2D eigenvalue weighted by atomic mass is 10.2. The largest absolute Gasteiger partial charge is 0.385 e. The van der Waals surface area contributed by atoms with E-state index in [-0.39, 0.29) is 0 Å². The quantitative estimate of drug-likeness (QED) is 0.701. The molecular formula is C13H24N2O2S. The van der Waals surface area contributed by atoms with Crippen molar-refractivity contribution < 1.29 is 9.47 Å². The number of hydrogen-bond acceptors (Lipinski definition) is 5. The lowest BCUT2D eigenvalue weighted by Gasteiger charge is -2.12. The number of aryl methyl sites for hydroxylation is 2. The van der Waals surface area contributed by atoms with Gasteiger partial charge in [-0.2, -0.15) is 0 Å². The summed E-state index contributed by atoms with van der Waals surface area (Å²) in [7, 11) is 1.71. The number of ether oxygens (including phenoxy) is 2. The molecule has 0 saturated heterocycles. The predicted molar refractivity (Wildman–Crippen MR) is 75.3 cm³/mol. The number of aromatic nitrogens is 1. The van der Waals surface area contributed by atoms with Crippen molar-refractivity contribution in [3.8, 4) is 0 Å². The van der Waals surface area contributed by atoms with E-state index in [2.05, 4.69) is 24.1 Å². The summed E-state index contributed by atoms with van der Waals surface area (Å²) < 4.78 is 10.5. The molecule has 1 heterocycles. The number of hydrogen-bond donors (Lipinski definition) is 1. The minimum absolute atomic E-state index is 0.346. The van der Waals surface area contributed by atoms with Crippen molar-refractivity contribution in [2.75, 3.05) is 33.5 Å². The fraction of sp³-hybridized carbons (Fsp3) is 0.769. The third-order valence-electron chi connectivity index (χ3n) is 2.67. The molecule has 0 spiro atoms. The molecule has 0 saturated carbocycles. The van der Waals surface area contributed by atoms with Crippen LogP contribution in [0.15, 0.2) is 0 Å². The molecule has 1 aromatic heterocycles. The summed E-state index contributed by atoms with van der Waals surface area (Å²) in [5, 5.41) is 4.59. The Hall–Kier alpha value is -0.490. The van der Waals surface area contributed by atoms with Gasteiger partial charge in [0.2, 0.25) is 0 Å². The second-order valence-corrected chi connectivity index (χ2v) is 5.55. The van der Waals surface area contributed by atoms with Gasteiger partial charge in [0.05, 0.1) is 17.3 Å². The van der Waals surface area contributed by atoms with Crippen molar-refractivity contribution in [2.45, 2.75) is 33.2 Å². The molecule has 0 aliphatic carbocycles. The highest BCUT2D eigenvalue weighted by Gasteiger charge is 2.11. The molecule has 1 unspecified atom stereocenters. The predicted octanol–water partition coefficient (Wildman–Crippen LogP) is 2.46. The van der Waals surface area contributed by atoms with E-state index in [1.165, 1.54) is 4.88 Å². The van der Waals surface area contributed by atoms with Crippen LogP contribution in [-0.4, -0.2) is 38.5 Å². The van der Waals surface area contributed by atoms with Crippen LogP contribution < -0.4 is 5.32 Å². The normalized spacial score (nSPS) is 12.9. The molecule has 1 aromatic rings. The highest BCUT2D eigenvalue weighted by molar-refractivity contribution is 7.11. The van der Waals surface area contributed by atoms with Crippen LogP contribution in [0.25, 0.3) is 0 Å². The van der Waals surface area contributed by atoms with Gasteiger partial charge in [-0.15, -0.1) is 11.3 Å². The van der Waals surface area contributed by atoms with Crippen LogP contribution in [-0.2, 0) is 9.47 Å². The molecule has 1 N–H and O–H groups in total. The maximum Gasteiger partial charge on any atom is 0.0900 e. The first-order valence-corrected chi connectivity index (χ1v) is 7.20. The van der Waals surface area contributed by atoms with E-state index >= 15 is 0 Å². The zero-order chi connectivity index (χ0) is 13.4. The van der Waals surface area contributed by atoms with Crippen LogP contribution in [0.2, 0.25) is 0 Å².